The van der Waals surface area contributed by atoms with Gasteiger partial charge in [0.25, 0.3) is 0 Å². The van der Waals surface area contributed by atoms with Crippen LogP contribution >= 0.6 is 0 Å². The number of imidazole rings is 1. The van der Waals surface area contributed by atoms with Crippen molar-refractivity contribution in [3.05, 3.63) is 48.0 Å². The van der Waals surface area contributed by atoms with Gasteiger partial charge in [0.1, 0.15) is 11.6 Å². The predicted octanol–water partition coefficient (Wildman–Crippen LogP) is 1.87. The van der Waals surface area contributed by atoms with Crippen molar-refractivity contribution in [2.75, 3.05) is 26.8 Å². The first-order valence-corrected chi connectivity index (χ1v) is 7.67. The molecule has 0 aliphatic carbocycles. The summed E-state index contributed by atoms with van der Waals surface area (Å²) in [4.78, 5) is 6.82. The summed E-state index contributed by atoms with van der Waals surface area (Å²) in [5, 5.41) is 0. The van der Waals surface area contributed by atoms with Gasteiger partial charge >= 0.3 is 0 Å². The van der Waals surface area contributed by atoms with Crippen LogP contribution in [-0.4, -0.2) is 47.4 Å². The molecule has 0 bridgehead atoms. The maximum absolute atomic E-state index is 5.93. The number of methoxy groups -OCH3 is 1. The molecule has 0 N–H and O–H groups in total. The quantitative estimate of drug-likeness (QED) is 0.845. The van der Waals surface area contributed by atoms with Crippen molar-refractivity contribution in [1.29, 1.82) is 0 Å². The predicted molar refractivity (Wildman–Crippen MR) is 84.9 cm³/mol. The zero-order valence-electron chi connectivity index (χ0n) is 13.2. The van der Waals surface area contributed by atoms with Gasteiger partial charge in [0.2, 0.25) is 0 Å². The van der Waals surface area contributed by atoms with Gasteiger partial charge in [-0.3, -0.25) is 4.90 Å². The van der Waals surface area contributed by atoms with Gasteiger partial charge in [0.05, 0.1) is 26.4 Å². The van der Waals surface area contributed by atoms with E-state index in [1.165, 1.54) is 5.56 Å². The van der Waals surface area contributed by atoms with Gasteiger partial charge in [0, 0.05) is 39.0 Å². The summed E-state index contributed by atoms with van der Waals surface area (Å²) in [6.07, 6.45) is 4.97. The molecule has 22 heavy (non-hydrogen) atoms. The van der Waals surface area contributed by atoms with Gasteiger partial charge in [-0.25, -0.2) is 4.98 Å². The number of aryl methyl sites for hydroxylation is 1. The van der Waals surface area contributed by atoms with Crippen LogP contribution in [0.5, 0.6) is 5.75 Å². The van der Waals surface area contributed by atoms with Crippen molar-refractivity contribution < 1.29 is 9.47 Å². The van der Waals surface area contributed by atoms with Crippen LogP contribution in [0.25, 0.3) is 0 Å². The minimum atomic E-state index is 0.223. The number of rotatable bonds is 5. The summed E-state index contributed by atoms with van der Waals surface area (Å²) in [5.74, 6) is 2.00. The van der Waals surface area contributed by atoms with Crippen molar-refractivity contribution in [2.24, 2.45) is 7.05 Å². The van der Waals surface area contributed by atoms with Gasteiger partial charge in [0.15, 0.2) is 0 Å². The van der Waals surface area contributed by atoms with Crippen LogP contribution in [0.3, 0.4) is 0 Å². The minimum Gasteiger partial charge on any atom is -0.497 e. The first-order valence-electron chi connectivity index (χ1n) is 7.67. The van der Waals surface area contributed by atoms with Gasteiger partial charge in [-0.15, -0.1) is 0 Å². The molecule has 5 heteroatoms. The molecule has 0 spiro atoms. The number of nitrogens with zero attached hydrogens (tertiary/aromatic N) is 3. The van der Waals surface area contributed by atoms with Crippen LogP contribution in [0, 0.1) is 0 Å². The number of morpholine rings is 1. The molecule has 1 aliphatic heterocycles. The fourth-order valence-electron chi connectivity index (χ4n) is 2.86. The van der Waals surface area contributed by atoms with Gasteiger partial charge in [-0.2, -0.15) is 0 Å². The zero-order valence-corrected chi connectivity index (χ0v) is 13.2. The van der Waals surface area contributed by atoms with E-state index in [1.54, 1.807) is 7.11 Å². The second-order valence-corrected chi connectivity index (χ2v) is 5.74. The molecule has 1 aromatic heterocycles. The minimum absolute atomic E-state index is 0.223. The van der Waals surface area contributed by atoms with Gasteiger partial charge in [-0.05, 0) is 17.7 Å². The van der Waals surface area contributed by atoms with E-state index in [9.17, 15) is 0 Å². The molecular weight excluding hydrogens is 278 g/mol. The Morgan fingerprint density at radius 3 is 3.09 bits per heavy atom. The molecule has 118 valence electrons. The third kappa shape index (κ3) is 3.67. The number of hydrogen-bond acceptors (Lipinski definition) is 4. The Morgan fingerprint density at radius 2 is 2.32 bits per heavy atom. The molecule has 2 heterocycles. The molecule has 3 rings (SSSR count). The van der Waals surface area contributed by atoms with Crippen LogP contribution in [0.4, 0.5) is 0 Å². The second kappa shape index (κ2) is 6.94. The monoisotopic (exact) mass is 301 g/mol. The molecule has 2 aromatic rings. The van der Waals surface area contributed by atoms with E-state index in [1.807, 2.05) is 31.6 Å². The molecule has 1 aliphatic rings. The maximum atomic E-state index is 5.93. The van der Waals surface area contributed by atoms with E-state index in [2.05, 4.69) is 26.6 Å². The number of hydrogen-bond donors (Lipinski definition) is 0. The third-order valence-electron chi connectivity index (χ3n) is 4.11. The first kappa shape index (κ1) is 15.1. The Bertz CT molecular complexity index is 611. The number of ether oxygens (including phenoxy) is 2. The molecule has 1 aromatic carbocycles. The Labute approximate surface area is 131 Å². The summed E-state index contributed by atoms with van der Waals surface area (Å²) in [5.41, 5.74) is 1.25. The summed E-state index contributed by atoms with van der Waals surface area (Å²) < 4.78 is 13.3. The highest BCUT2D eigenvalue weighted by molar-refractivity contribution is 5.28. The van der Waals surface area contributed by atoms with Crippen LogP contribution in [-0.2, 0) is 24.8 Å². The Kier molecular flexibility index (Phi) is 4.75. The summed E-state index contributed by atoms with van der Waals surface area (Å²) in [6.45, 7) is 3.55. The highest BCUT2D eigenvalue weighted by atomic mass is 16.5. The standard InChI is InChI=1S/C17H23N3O2/c1-19-7-6-18-17(19)13-20-8-9-22-16(12-20)11-14-4-3-5-15(10-14)21-2/h3-7,10,16H,8-9,11-13H2,1-2H3/t16-/m0/s1. The summed E-state index contributed by atoms with van der Waals surface area (Å²) in [6, 6.07) is 8.21. The normalized spacial score (nSPS) is 19.3. The average Bonchev–Trinajstić information content (AvgIpc) is 2.93. The third-order valence-corrected chi connectivity index (χ3v) is 4.11. The van der Waals surface area contributed by atoms with Crippen molar-refractivity contribution >= 4 is 0 Å². The van der Waals surface area contributed by atoms with E-state index in [-0.39, 0.29) is 6.10 Å². The maximum Gasteiger partial charge on any atom is 0.122 e. The lowest BCUT2D eigenvalue weighted by Crippen LogP contribution is -2.43. The SMILES string of the molecule is COc1cccc(C[C@H]2CN(Cc3nccn3C)CCO2)c1. The molecule has 0 unspecified atom stereocenters. The fraction of sp³-hybridized carbons (Fsp3) is 0.471. The lowest BCUT2D eigenvalue weighted by molar-refractivity contribution is -0.0314. The van der Waals surface area contributed by atoms with Crippen LogP contribution in [0.1, 0.15) is 11.4 Å². The summed E-state index contributed by atoms with van der Waals surface area (Å²) in [7, 11) is 3.74. The molecule has 1 fully saturated rings. The lowest BCUT2D eigenvalue weighted by atomic mass is 10.1. The van der Waals surface area contributed by atoms with Crippen LogP contribution < -0.4 is 4.74 Å². The molecule has 1 saturated heterocycles. The van der Waals surface area contributed by atoms with Crippen LogP contribution in [0.2, 0.25) is 0 Å². The van der Waals surface area contributed by atoms with E-state index >= 15 is 0 Å². The van der Waals surface area contributed by atoms with E-state index in [4.69, 9.17) is 9.47 Å². The number of aromatic nitrogens is 2. The first-order chi connectivity index (χ1) is 10.7. The van der Waals surface area contributed by atoms with E-state index in [0.29, 0.717) is 0 Å². The average molecular weight is 301 g/mol. The van der Waals surface area contributed by atoms with Crippen molar-refractivity contribution in [1.82, 2.24) is 14.5 Å². The van der Waals surface area contributed by atoms with E-state index < -0.39 is 0 Å². The highest BCUT2D eigenvalue weighted by Gasteiger charge is 2.21. The molecule has 0 amide bonds. The largest absolute Gasteiger partial charge is 0.497 e. The Balaban J connectivity index is 1.59. The Morgan fingerprint density at radius 1 is 1.41 bits per heavy atom. The topological polar surface area (TPSA) is 39.5 Å². The number of benzene rings is 1. The molecular formula is C17H23N3O2. The van der Waals surface area contributed by atoms with Crippen molar-refractivity contribution in [3.8, 4) is 5.75 Å². The van der Waals surface area contributed by atoms with Crippen molar-refractivity contribution in [2.45, 2.75) is 19.1 Å². The van der Waals surface area contributed by atoms with Crippen molar-refractivity contribution in [3.63, 3.8) is 0 Å². The summed E-state index contributed by atoms with van der Waals surface area (Å²) >= 11 is 0. The van der Waals surface area contributed by atoms with Gasteiger partial charge in [-0.1, -0.05) is 12.1 Å². The zero-order chi connectivity index (χ0) is 15.4. The Hall–Kier alpha value is -1.85. The second-order valence-electron chi connectivity index (χ2n) is 5.74. The van der Waals surface area contributed by atoms with E-state index in [0.717, 1.165) is 44.2 Å². The molecule has 0 saturated carbocycles. The molecule has 0 radical (unpaired) electrons. The van der Waals surface area contributed by atoms with Crippen LogP contribution in [0.15, 0.2) is 36.7 Å². The highest BCUT2D eigenvalue weighted by Crippen LogP contribution is 2.17. The smallest absolute Gasteiger partial charge is 0.122 e. The van der Waals surface area contributed by atoms with Gasteiger partial charge < -0.3 is 14.0 Å². The fourth-order valence-corrected chi connectivity index (χ4v) is 2.86. The molecule has 1 atom stereocenters. The molecule has 5 nitrogen and oxygen atoms in total. The lowest BCUT2D eigenvalue weighted by Gasteiger charge is -2.32.